The molecule has 0 aromatic heterocycles. The first-order valence-electron chi connectivity index (χ1n) is 7.56. The zero-order chi connectivity index (χ0) is 15.9. The van der Waals surface area contributed by atoms with Crippen LogP contribution in [0.5, 0.6) is 0 Å². The standard InChI is InChI=1S/C16H23ClN2O3/c1-22-15(13-5-2-6-14(17)8-13)9-18-16(21)19-7-3-4-12(10-19)11-20/h2,5-6,8,12,15,20H,3-4,7,9-11H2,1H3,(H,18,21)/t12-,15+/m1/s1. The van der Waals surface area contributed by atoms with Gasteiger partial charge in [0.25, 0.3) is 0 Å². The van der Waals surface area contributed by atoms with Crippen LogP contribution in [0, 0.1) is 5.92 Å². The smallest absolute Gasteiger partial charge is 0.317 e. The molecule has 2 amide bonds. The number of hydrogen-bond acceptors (Lipinski definition) is 3. The SMILES string of the molecule is CO[C@@H](CNC(=O)N1CCC[C@@H](CO)C1)c1cccc(Cl)c1. The van der Waals surface area contributed by atoms with Crippen molar-refractivity contribution in [2.45, 2.75) is 18.9 Å². The molecule has 2 atom stereocenters. The minimum Gasteiger partial charge on any atom is -0.396 e. The summed E-state index contributed by atoms with van der Waals surface area (Å²) in [6.07, 6.45) is 1.67. The van der Waals surface area contributed by atoms with Gasteiger partial charge in [0, 0.05) is 38.4 Å². The Morgan fingerprint density at radius 1 is 1.59 bits per heavy atom. The number of ether oxygens (including phenoxy) is 1. The molecule has 0 saturated carbocycles. The second-order valence-electron chi connectivity index (χ2n) is 5.60. The fourth-order valence-electron chi connectivity index (χ4n) is 2.73. The van der Waals surface area contributed by atoms with Crippen molar-refractivity contribution in [3.05, 3.63) is 34.9 Å². The molecule has 0 radical (unpaired) electrons. The monoisotopic (exact) mass is 326 g/mol. The molecule has 2 N–H and O–H groups in total. The van der Waals surface area contributed by atoms with Crippen LogP contribution in [0.25, 0.3) is 0 Å². The molecule has 22 heavy (non-hydrogen) atoms. The number of benzene rings is 1. The summed E-state index contributed by atoms with van der Waals surface area (Å²) in [5.74, 6) is 0.186. The Bertz CT molecular complexity index is 498. The van der Waals surface area contributed by atoms with Gasteiger partial charge in [0.15, 0.2) is 0 Å². The highest BCUT2D eigenvalue weighted by atomic mass is 35.5. The van der Waals surface area contributed by atoms with Gasteiger partial charge in [-0.15, -0.1) is 0 Å². The van der Waals surface area contributed by atoms with Crippen LogP contribution in [-0.4, -0.2) is 49.4 Å². The van der Waals surface area contributed by atoms with Crippen molar-refractivity contribution >= 4 is 17.6 Å². The third-order valence-electron chi connectivity index (χ3n) is 4.01. The molecule has 2 rings (SSSR count). The summed E-state index contributed by atoms with van der Waals surface area (Å²) in [6.45, 7) is 1.86. The topological polar surface area (TPSA) is 61.8 Å². The van der Waals surface area contributed by atoms with Gasteiger partial charge in [-0.1, -0.05) is 23.7 Å². The fraction of sp³-hybridized carbons (Fsp3) is 0.562. The average molecular weight is 327 g/mol. The molecule has 122 valence electrons. The number of hydrogen-bond donors (Lipinski definition) is 2. The number of halogens is 1. The highest BCUT2D eigenvalue weighted by Crippen LogP contribution is 2.20. The van der Waals surface area contributed by atoms with Gasteiger partial charge < -0.3 is 20.1 Å². The number of carbonyl (C=O) groups excluding carboxylic acids is 1. The van der Waals surface area contributed by atoms with Crippen molar-refractivity contribution in [2.24, 2.45) is 5.92 Å². The molecule has 5 nitrogen and oxygen atoms in total. The molecule has 0 spiro atoms. The number of aliphatic hydroxyl groups excluding tert-OH is 1. The zero-order valence-electron chi connectivity index (χ0n) is 12.8. The minimum atomic E-state index is -0.235. The van der Waals surface area contributed by atoms with Crippen molar-refractivity contribution in [1.29, 1.82) is 0 Å². The van der Waals surface area contributed by atoms with Gasteiger partial charge in [0.2, 0.25) is 0 Å². The van der Waals surface area contributed by atoms with E-state index in [1.807, 2.05) is 18.2 Å². The van der Waals surface area contributed by atoms with E-state index in [0.29, 0.717) is 18.1 Å². The van der Waals surface area contributed by atoms with Crippen LogP contribution in [-0.2, 0) is 4.74 Å². The van der Waals surface area contributed by atoms with Gasteiger partial charge in [0.1, 0.15) is 0 Å². The summed E-state index contributed by atoms with van der Waals surface area (Å²) in [4.78, 5) is 14.0. The molecule has 1 saturated heterocycles. The number of carbonyl (C=O) groups is 1. The van der Waals surface area contributed by atoms with E-state index in [1.165, 1.54) is 0 Å². The Kier molecular flexibility index (Phi) is 6.49. The molecule has 1 fully saturated rings. The number of methoxy groups -OCH3 is 1. The van der Waals surface area contributed by atoms with E-state index in [4.69, 9.17) is 16.3 Å². The lowest BCUT2D eigenvalue weighted by Gasteiger charge is -2.32. The van der Waals surface area contributed by atoms with Crippen LogP contribution >= 0.6 is 11.6 Å². The van der Waals surface area contributed by atoms with E-state index < -0.39 is 0 Å². The van der Waals surface area contributed by atoms with Crippen molar-refractivity contribution in [1.82, 2.24) is 10.2 Å². The zero-order valence-corrected chi connectivity index (χ0v) is 13.6. The first-order valence-corrected chi connectivity index (χ1v) is 7.93. The van der Waals surface area contributed by atoms with E-state index in [9.17, 15) is 9.90 Å². The molecule has 0 unspecified atom stereocenters. The summed E-state index contributed by atoms with van der Waals surface area (Å²) >= 11 is 5.99. The largest absolute Gasteiger partial charge is 0.396 e. The maximum absolute atomic E-state index is 12.2. The number of aliphatic hydroxyl groups is 1. The predicted octanol–water partition coefficient (Wildman–Crippen LogP) is 2.44. The van der Waals surface area contributed by atoms with Crippen LogP contribution in [0.3, 0.4) is 0 Å². The van der Waals surface area contributed by atoms with Gasteiger partial charge in [-0.2, -0.15) is 0 Å². The quantitative estimate of drug-likeness (QED) is 0.873. The first-order chi connectivity index (χ1) is 10.6. The van der Waals surface area contributed by atoms with Crippen molar-refractivity contribution < 1.29 is 14.6 Å². The molecule has 0 bridgehead atoms. The Hall–Kier alpha value is -1.30. The third-order valence-corrected chi connectivity index (χ3v) is 4.24. The molecular weight excluding hydrogens is 304 g/mol. The van der Waals surface area contributed by atoms with Gasteiger partial charge >= 0.3 is 6.03 Å². The summed E-state index contributed by atoms with van der Waals surface area (Å²) < 4.78 is 5.44. The van der Waals surface area contributed by atoms with Crippen molar-refractivity contribution in [3.63, 3.8) is 0 Å². The van der Waals surface area contributed by atoms with Crippen LogP contribution < -0.4 is 5.32 Å². The molecule has 1 aliphatic rings. The fourth-order valence-corrected chi connectivity index (χ4v) is 2.93. The normalized spacial score (nSPS) is 19.8. The van der Waals surface area contributed by atoms with E-state index in [1.54, 1.807) is 18.1 Å². The van der Waals surface area contributed by atoms with Crippen LogP contribution in [0.1, 0.15) is 24.5 Å². The summed E-state index contributed by atoms with van der Waals surface area (Å²) in [7, 11) is 1.61. The Morgan fingerprint density at radius 3 is 3.09 bits per heavy atom. The molecule has 1 aliphatic heterocycles. The minimum absolute atomic E-state index is 0.109. The number of amides is 2. The van der Waals surface area contributed by atoms with Gasteiger partial charge in [-0.05, 0) is 36.5 Å². The number of urea groups is 1. The lowest BCUT2D eigenvalue weighted by molar-refractivity contribution is 0.0965. The van der Waals surface area contributed by atoms with Gasteiger partial charge in [-0.3, -0.25) is 0 Å². The van der Waals surface area contributed by atoms with E-state index in [0.717, 1.165) is 24.9 Å². The Labute approximate surface area is 136 Å². The van der Waals surface area contributed by atoms with E-state index in [2.05, 4.69) is 5.32 Å². The lowest BCUT2D eigenvalue weighted by Crippen LogP contribution is -2.47. The maximum atomic E-state index is 12.2. The highest BCUT2D eigenvalue weighted by Gasteiger charge is 2.23. The van der Waals surface area contributed by atoms with Crippen LogP contribution in [0.15, 0.2) is 24.3 Å². The average Bonchev–Trinajstić information content (AvgIpc) is 2.55. The number of piperidine rings is 1. The third kappa shape index (κ3) is 4.60. The van der Waals surface area contributed by atoms with Gasteiger partial charge in [0.05, 0.1) is 6.10 Å². The Morgan fingerprint density at radius 2 is 2.41 bits per heavy atom. The summed E-state index contributed by atoms with van der Waals surface area (Å²) in [6, 6.07) is 7.32. The molecule has 1 aromatic carbocycles. The number of rotatable bonds is 5. The summed E-state index contributed by atoms with van der Waals surface area (Å²) in [5, 5.41) is 12.8. The van der Waals surface area contributed by atoms with Crippen LogP contribution in [0.2, 0.25) is 5.02 Å². The van der Waals surface area contributed by atoms with Crippen molar-refractivity contribution in [2.75, 3.05) is 33.4 Å². The van der Waals surface area contributed by atoms with Gasteiger partial charge in [-0.25, -0.2) is 4.79 Å². The first kappa shape index (κ1) is 17.1. The lowest BCUT2D eigenvalue weighted by atomic mass is 9.99. The summed E-state index contributed by atoms with van der Waals surface area (Å²) in [5.41, 5.74) is 0.933. The molecule has 1 aromatic rings. The molecule has 6 heteroatoms. The predicted molar refractivity (Wildman–Crippen MR) is 86.0 cm³/mol. The van der Waals surface area contributed by atoms with E-state index in [-0.39, 0.29) is 24.7 Å². The molecule has 0 aliphatic carbocycles. The van der Waals surface area contributed by atoms with E-state index >= 15 is 0 Å². The number of likely N-dealkylation sites (tertiary alicyclic amines) is 1. The number of nitrogens with zero attached hydrogens (tertiary/aromatic N) is 1. The second kappa shape index (κ2) is 8.36. The molecule has 1 heterocycles. The molecular formula is C16H23ClN2O3. The number of nitrogens with one attached hydrogen (secondary N) is 1. The second-order valence-corrected chi connectivity index (χ2v) is 6.04. The van der Waals surface area contributed by atoms with Crippen molar-refractivity contribution in [3.8, 4) is 0 Å². The maximum Gasteiger partial charge on any atom is 0.317 e. The van der Waals surface area contributed by atoms with Crippen LogP contribution in [0.4, 0.5) is 4.79 Å². The highest BCUT2D eigenvalue weighted by molar-refractivity contribution is 6.30. The Balaban J connectivity index is 1.88.